The van der Waals surface area contributed by atoms with Crippen LogP contribution in [0, 0.1) is 13.8 Å². The van der Waals surface area contributed by atoms with Crippen molar-refractivity contribution in [3.63, 3.8) is 0 Å². The number of nitrogens with one attached hydrogen (secondary N) is 1. The zero-order valence-electron chi connectivity index (χ0n) is 12.9. The van der Waals surface area contributed by atoms with E-state index in [1.807, 2.05) is 13.0 Å². The molecule has 1 N–H and O–H groups in total. The van der Waals surface area contributed by atoms with Crippen LogP contribution in [0.1, 0.15) is 21.6 Å². The van der Waals surface area contributed by atoms with Crippen LogP contribution in [0.2, 0.25) is 5.02 Å². The number of carbonyl (C=O) groups excluding carboxylic acids is 1. The quantitative estimate of drug-likeness (QED) is 0.700. The van der Waals surface area contributed by atoms with Gasteiger partial charge in [0.1, 0.15) is 11.3 Å². The van der Waals surface area contributed by atoms with E-state index in [4.69, 9.17) is 11.6 Å². The molecule has 1 amide bonds. The number of amides is 1. The minimum atomic E-state index is -0.462. The molecular formula is C17H13BrClN3O2. The third-order valence-corrected chi connectivity index (χ3v) is 4.46. The fraction of sp³-hybridized carbons (Fsp3) is 0.118. The van der Waals surface area contributed by atoms with E-state index in [1.54, 1.807) is 37.4 Å². The van der Waals surface area contributed by atoms with E-state index in [9.17, 15) is 9.59 Å². The maximum absolute atomic E-state index is 12.7. The predicted molar refractivity (Wildman–Crippen MR) is 98.0 cm³/mol. The van der Waals surface area contributed by atoms with E-state index in [0.717, 1.165) is 10.0 Å². The van der Waals surface area contributed by atoms with Crippen molar-refractivity contribution in [2.75, 3.05) is 5.32 Å². The first-order chi connectivity index (χ1) is 11.4. The molecule has 0 spiro atoms. The molecule has 5 nitrogen and oxygen atoms in total. The van der Waals surface area contributed by atoms with Gasteiger partial charge in [-0.05, 0) is 43.7 Å². The van der Waals surface area contributed by atoms with Gasteiger partial charge < -0.3 is 5.32 Å². The number of aryl methyl sites for hydroxylation is 2. The third-order valence-electron chi connectivity index (χ3n) is 3.64. The highest BCUT2D eigenvalue weighted by molar-refractivity contribution is 9.10. The number of hydrogen-bond acceptors (Lipinski definition) is 3. The zero-order chi connectivity index (χ0) is 17.4. The highest BCUT2D eigenvalue weighted by atomic mass is 79.9. The molecule has 0 aliphatic heterocycles. The van der Waals surface area contributed by atoms with Crippen molar-refractivity contribution < 1.29 is 4.79 Å². The monoisotopic (exact) mass is 405 g/mol. The van der Waals surface area contributed by atoms with Gasteiger partial charge in [-0.15, -0.1) is 0 Å². The van der Waals surface area contributed by atoms with Gasteiger partial charge in [0.25, 0.3) is 11.5 Å². The van der Waals surface area contributed by atoms with Crippen LogP contribution < -0.4 is 10.9 Å². The van der Waals surface area contributed by atoms with E-state index in [2.05, 4.69) is 26.2 Å². The fourth-order valence-electron chi connectivity index (χ4n) is 2.40. The van der Waals surface area contributed by atoms with Crippen LogP contribution in [0.15, 0.2) is 45.8 Å². The molecule has 3 rings (SSSR count). The van der Waals surface area contributed by atoms with Crippen LogP contribution in [0.4, 0.5) is 5.69 Å². The Kier molecular flexibility index (Phi) is 4.43. The number of benzene rings is 1. The minimum Gasteiger partial charge on any atom is -0.316 e. The summed E-state index contributed by atoms with van der Waals surface area (Å²) in [5.41, 5.74) is 1.98. The standard InChI is InChI=1S/C17H13BrClN3O2/c1-9-4-3-7-22-15(9)20-10(2)14(17(22)24)21-16(23)12-8-11(18)5-6-13(12)19/h3-8H,1-2H3,(H,21,23). The Hall–Kier alpha value is -2.18. The summed E-state index contributed by atoms with van der Waals surface area (Å²) in [4.78, 5) is 29.6. The van der Waals surface area contributed by atoms with E-state index in [0.29, 0.717) is 16.4 Å². The van der Waals surface area contributed by atoms with Gasteiger partial charge in [0.05, 0.1) is 16.3 Å². The molecule has 0 aliphatic carbocycles. The summed E-state index contributed by atoms with van der Waals surface area (Å²) in [6.45, 7) is 3.56. The normalized spacial score (nSPS) is 10.8. The van der Waals surface area contributed by atoms with Gasteiger partial charge in [0.15, 0.2) is 0 Å². The van der Waals surface area contributed by atoms with Gasteiger partial charge in [0.2, 0.25) is 0 Å². The summed E-state index contributed by atoms with van der Waals surface area (Å²) >= 11 is 9.37. The van der Waals surface area contributed by atoms with Gasteiger partial charge in [-0.3, -0.25) is 14.0 Å². The van der Waals surface area contributed by atoms with E-state index in [1.165, 1.54) is 4.40 Å². The van der Waals surface area contributed by atoms with Crippen LogP contribution in [-0.4, -0.2) is 15.3 Å². The van der Waals surface area contributed by atoms with Crippen molar-refractivity contribution in [2.45, 2.75) is 13.8 Å². The number of rotatable bonds is 2. The van der Waals surface area contributed by atoms with Gasteiger partial charge in [0, 0.05) is 10.7 Å². The second-order valence-electron chi connectivity index (χ2n) is 5.34. The number of nitrogens with zero attached hydrogens (tertiary/aromatic N) is 2. The molecule has 2 aromatic heterocycles. The third kappa shape index (κ3) is 2.95. The fourth-order valence-corrected chi connectivity index (χ4v) is 2.97. The topological polar surface area (TPSA) is 63.5 Å². The van der Waals surface area contributed by atoms with Gasteiger partial charge in [-0.1, -0.05) is 33.6 Å². The van der Waals surface area contributed by atoms with Crippen LogP contribution >= 0.6 is 27.5 Å². The molecule has 0 saturated heterocycles. The molecule has 0 saturated carbocycles. The molecule has 7 heteroatoms. The Morgan fingerprint density at radius 3 is 2.79 bits per heavy atom. The first kappa shape index (κ1) is 16.7. The van der Waals surface area contributed by atoms with Gasteiger partial charge >= 0.3 is 0 Å². The Morgan fingerprint density at radius 2 is 2.04 bits per heavy atom. The van der Waals surface area contributed by atoms with Crippen LogP contribution in [0.5, 0.6) is 0 Å². The van der Waals surface area contributed by atoms with Gasteiger partial charge in [-0.25, -0.2) is 4.98 Å². The second-order valence-corrected chi connectivity index (χ2v) is 6.66. The Labute approximate surface area is 151 Å². The Balaban J connectivity index is 2.09. The van der Waals surface area contributed by atoms with E-state index >= 15 is 0 Å². The summed E-state index contributed by atoms with van der Waals surface area (Å²) in [6, 6.07) is 8.59. The summed E-state index contributed by atoms with van der Waals surface area (Å²) < 4.78 is 2.14. The van der Waals surface area contributed by atoms with Crippen LogP contribution in [0.3, 0.4) is 0 Å². The summed E-state index contributed by atoms with van der Waals surface area (Å²) in [5.74, 6) is -0.462. The first-order valence-corrected chi connectivity index (χ1v) is 8.30. The molecule has 3 aromatic rings. The van der Waals surface area contributed by atoms with Crippen molar-refractivity contribution in [1.29, 1.82) is 0 Å². The summed E-state index contributed by atoms with van der Waals surface area (Å²) in [7, 11) is 0. The molecule has 0 unspecified atom stereocenters. The SMILES string of the molecule is Cc1nc2c(C)cccn2c(=O)c1NC(=O)c1cc(Br)ccc1Cl. The largest absolute Gasteiger partial charge is 0.316 e. The maximum Gasteiger partial charge on any atom is 0.281 e. The zero-order valence-corrected chi connectivity index (χ0v) is 15.3. The molecule has 0 atom stereocenters. The molecule has 1 aromatic carbocycles. The second kappa shape index (κ2) is 6.37. The molecule has 0 radical (unpaired) electrons. The lowest BCUT2D eigenvalue weighted by atomic mass is 10.2. The van der Waals surface area contributed by atoms with Crippen LogP contribution in [-0.2, 0) is 0 Å². The number of hydrogen-bond donors (Lipinski definition) is 1. The van der Waals surface area contributed by atoms with Crippen molar-refractivity contribution in [3.8, 4) is 0 Å². The van der Waals surface area contributed by atoms with Crippen molar-refractivity contribution in [1.82, 2.24) is 9.38 Å². The lowest BCUT2D eigenvalue weighted by Gasteiger charge is -2.11. The van der Waals surface area contributed by atoms with Gasteiger partial charge in [-0.2, -0.15) is 0 Å². The average molecular weight is 407 g/mol. The van der Waals surface area contributed by atoms with Crippen molar-refractivity contribution in [2.24, 2.45) is 0 Å². The number of fused-ring (bicyclic) bond motifs is 1. The maximum atomic E-state index is 12.7. The summed E-state index contributed by atoms with van der Waals surface area (Å²) in [5, 5.41) is 2.94. The molecule has 0 aliphatic rings. The number of pyridine rings is 1. The Morgan fingerprint density at radius 1 is 1.29 bits per heavy atom. The molecule has 0 bridgehead atoms. The molecule has 2 heterocycles. The molecular weight excluding hydrogens is 394 g/mol. The Bertz CT molecular complexity index is 1030. The molecule has 122 valence electrons. The summed E-state index contributed by atoms with van der Waals surface area (Å²) in [6.07, 6.45) is 1.62. The predicted octanol–water partition coefficient (Wildman–Crippen LogP) is 3.98. The number of carbonyl (C=O) groups is 1. The average Bonchev–Trinajstić information content (AvgIpc) is 2.54. The first-order valence-electron chi connectivity index (χ1n) is 7.13. The van der Waals surface area contributed by atoms with Crippen molar-refractivity contribution in [3.05, 3.63) is 73.2 Å². The molecule has 24 heavy (non-hydrogen) atoms. The minimum absolute atomic E-state index is 0.138. The number of anilines is 1. The van der Waals surface area contributed by atoms with Crippen LogP contribution in [0.25, 0.3) is 5.65 Å². The number of aromatic nitrogens is 2. The van der Waals surface area contributed by atoms with E-state index < -0.39 is 5.91 Å². The highest BCUT2D eigenvalue weighted by Crippen LogP contribution is 2.22. The smallest absolute Gasteiger partial charge is 0.281 e. The van der Waals surface area contributed by atoms with E-state index in [-0.39, 0.29) is 16.8 Å². The molecule has 0 fully saturated rings. The van der Waals surface area contributed by atoms with Crippen molar-refractivity contribution >= 4 is 44.8 Å². The lowest BCUT2D eigenvalue weighted by Crippen LogP contribution is -2.25. The highest BCUT2D eigenvalue weighted by Gasteiger charge is 2.17. The lowest BCUT2D eigenvalue weighted by molar-refractivity contribution is 0.102. The number of halogens is 2.